The molecule has 148 valence electrons. The maximum Gasteiger partial charge on any atom is 0.191 e. The van der Waals surface area contributed by atoms with E-state index < -0.39 is 0 Å². The standard InChI is InChI=1S/C21H29N3O2.HI/c1-16(2)26-19-11-9-17(10-12-19)15-24-21(22-3)23-14-13-18-7-5-6-8-20(18)25-4;/h5-12,16H,13-15H2,1-4H3,(H2,22,23,24);1H. The van der Waals surface area contributed by atoms with Crippen LogP contribution < -0.4 is 20.1 Å². The van der Waals surface area contributed by atoms with E-state index in [2.05, 4.69) is 33.8 Å². The van der Waals surface area contributed by atoms with E-state index in [1.54, 1.807) is 14.2 Å². The van der Waals surface area contributed by atoms with Crippen LogP contribution >= 0.6 is 24.0 Å². The predicted molar refractivity (Wildman–Crippen MR) is 123 cm³/mol. The molecule has 0 spiro atoms. The Bertz CT molecular complexity index is 703. The summed E-state index contributed by atoms with van der Waals surface area (Å²) in [5.74, 6) is 2.59. The molecule has 2 N–H and O–H groups in total. The highest BCUT2D eigenvalue weighted by molar-refractivity contribution is 14.0. The molecule has 0 saturated carbocycles. The van der Waals surface area contributed by atoms with Crippen LogP contribution in [-0.4, -0.2) is 32.8 Å². The largest absolute Gasteiger partial charge is 0.496 e. The summed E-state index contributed by atoms with van der Waals surface area (Å²) in [6, 6.07) is 16.2. The Morgan fingerprint density at radius 2 is 1.74 bits per heavy atom. The van der Waals surface area contributed by atoms with Crippen molar-refractivity contribution in [1.82, 2.24) is 10.6 Å². The third-order valence-corrected chi connectivity index (χ3v) is 3.86. The molecule has 0 aliphatic heterocycles. The molecule has 0 bridgehead atoms. The highest BCUT2D eigenvalue weighted by atomic mass is 127. The lowest BCUT2D eigenvalue weighted by Crippen LogP contribution is -2.37. The van der Waals surface area contributed by atoms with Gasteiger partial charge in [-0.1, -0.05) is 30.3 Å². The molecule has 2 aromatic carbocycles. The van der Waals surface area contributed by atoms with Gasteiger partial charge in [0.1, 0.15) is 11.5 Å². The van der Waals surface area contributed by atoms with Gasteiger partial charge < -0.3 is 20.1 Å². The summed E-state index contributed by atoms with van der Waals surface area (Å²) in [6.07, 6.45) is 1.05. The van der Waals surface area contributed by atoms with Gasteiger partial charge in [-0.05, 0) is 49.6 Å². The zero-order chi connectivity index (χ0) is 18.8. The van der Waals surface area contributed by atoms with Crippen LogP contribution in [0.5, 0.6) is 11.5 Å². The molecular weight excluding hydrogens is 453 g/mol. The van der Waals surface area contributed by atoms with Gasteiger partial charge in [-0.15, -0.1) is 24.0 Å². The molecule has 0 fully saturated rings. The first kappa shape index (κ1) is 23.1. The van der Waals surface area contributed by atoms with Crippen molar-refractivity contribution in [3.8, 4) is 11.5 Å². The molecule has 0 heterocycles. The van der Waals surface area contributed by atoms with E-state index in [4.69, 9.17) is 9.47 Å². The van der Waals surface area contributed by atoms with Crippen molar-refractivity contribution in [2.75, 3.05) is 20.7 Å². The number of benzene rings is 2. The number of guanidine groups is 1. The molecule has 0 radical (unpaired) electrons. The van der Waals surface area contributed by atoms with E-state index in [1.165, 1.54) is 11.1 Å². The Balaban J connectivity index is 0.00000364. The van der Waals surface area contributed by atoms with Crippen LogP contribution in [-0.2, 0) is 13.0 Å². The summed E-state index contributed by atoms with van der Waals surface area (Å²) < 4.78 is 11.0. The van der Waals surface area contributed by atoms with E-state index in [0.717, 1.165) is 30.4 Å². The molecule has 0 atom stereocenters. The van der Waals surface area contributed by atoms with E-state index in [0.29, 0.717) is 6.54 Å². The van der Waals surface area contributed by atoms with Crippen molar-refractivity contribution in [3.05, 3.63) is 59.7 Å². The van der Waals surface area contributed by atoms with Crippen molar-refractivity contribution in [2.24, 2.45) is 4.99 Å². The van der Waals surface area contributed by atoms with E-state index in [-0.39, 0.29) is 30.1 Å². The molecule has 6 heteroatoms. The highest BCUT2D eigenvalue weighted by Crippen LogP contribution is 2.17. The Kier molecular flexibility index (Phi) is 10.6. The second-order valence-corrected chi connectivity index (χ2v) is 6.22. The third-order valence-electron chi connectivity index (χ3n) is 3.86. The monoisotopic (exact) mass is 483 g/mol. The predicted octanol–water partition coefficient (Wildman–Crippen LogP) is 4.01. The molecule has 0 aliphatic carbocycles. The SMILES string of the molecule is CN=C(NCCc1ccccc1OC)NCc1ccc(OC(C)C)cc1.I. The quantitative estimate of drug-likeness (QED) is 0.339. The second kappa shape index (κ2) is 12.4. The first-order valence-electron chi connectivity index (χ1n) is 8.94. The average molecular weight is 483 g/mol. The fourth-order valence-electron chi connectivity index (χ4n) is 2.59. The van der Waals surface area contributed by atoms with Gasteiger partial charge in [0, 0.05) is 20.1 Å². The summed E-state index contributed by atoms with van der Waals surface area (Å²) in [6.45, 7) is 5.53. The smallest absolute Gasteiger partial charge is 0.191 e. The van der Waals surface area contributed by atoms with Crippen molar-refractivity contribution >= 4 is 29.9 Å². The number of aliphatic imine (C=N–C) groups is 1. The lowest BCUT2D eigenvalue weighted by Gasteiger charge is -2.14. The normalized spacial score (nSPS) is 10.9. The van der Waals surface area contributed by atoms with Gasteiger partial charge in [-0.3, -0.25) is 4.99 Å². The van der Waals surface area contributed by atoms with Gasteiger partial charge in [-0.2, -0.15) is 0 Å². The van der Waals surface area contributed by atoms with Gasteiger partial charge in [0.25, 0.3) is 0 Å². The van der Waals surface area contributed by atoms with Crippen molar-refractivity contribution in [1.29, 1.82) is 0 Å². The van der Waals surface area contributed by atoms with Crippen LogP contribution in [0.4, 0.5) is 0 Å². The van der Waals surface area contributed by atoms with Gasteiger partial charge >= 0.3 is 0 Å². The fourth-order valence-corrected chi connectivity index (χ4v) is 2.59. The number of para-hydroxylation sites is 1. The molecule has 0 saturated heterocycles. The summed E-state index contributed by atoms with van der Waals surface area (Å²) in [5, 5.41) is 6.66. The summed E-state index contributed by atoms with van der Waals surface area (Å²) in [7, 11) is 3.47. The highest BCUT2D eigenvalue weighted by Gasteiger charge is 2.03. The van der Waals surface area contributed by atoms with Crippen LogP contribution in [0.25, 0.3) is 0 Å². The third kappa shape index (κ3) is 8.07. The zero-order valence-electron chi connectivity index (χ0n) is 16.5. The van der Waals surface area contributed by atoms with Crippen LogP contribution in [0, 0.1) is 0 Å². The Morgan fingerprint density at radius 3 is 2.37 bits per heavy atom. The lowest BCUT2D eigenvalue weighted by atomic mass is 10.1. The molecule has 0 unspecified atom stereocenters. The van der Waals surface area contributed by atoms with Crippen LogP contribution in [0.2, 0.25) is 0 Å². The second-order valence-electron chi connectivity index (χ2n) is 6.22. The number of halogens is 1. The fraction of sp³-hybridized carbons (Fsp3) is 0.381. The summed E-state index contributed by atoms with van der Waals surface area (Å²) in [5.41, 5.74) is 2.35. The molecule has 0 aromatic heterocycles. The molecule has 0 amide bonds. The first-order valence-corrected chi connectivity index (χ1v) is 8.94. The number of nitrogens with one attached hydrogen (secondary N) is 2. The van der Waals surface area contributed by atoms with E-state index >= 15 is 0 Å². The molecule has 2 rings (SSSR count). The maximum atomic E-state index is 5.66. The van der Waals surface area contributed by atoms with E-state index in [9.17, 15) is 0 Å². The van der Waals surface area contributed by atoms with E-state index in [1.807, 2.05) is 44.2 Å². The Morgan fingerprint density at radius 1 is 1.04 bits per heavy atom. The molecule has 0 aliphatic rings. The lowest BCUT2D eigenvalue weighted by molar-refractivity contribution is 0.242. The Labute approximate surface area is 179 Å². The van der Waals surface area contributed by atoms with Crippen LogP contribution in [0.3, 0.4) is 0 Å². The minimum absolute atomic E-state index is 0. The minimum Gasteiger partial charge on any atom is -0.496 e. The summed E-state index contributed by atoms with van der Waals surface area (Å²) >= 11 is 0. The number of methoxy groups -OCH3 is 1. The van der Waals surface area contributed by atoms with Gasteiger partial charge in [0.15, 0.2) is 5.96 Å². The molecule has 27 heavy (non-hydrogen) atoms. The van der Waals surface area contributed by atoms with Crippen molar-refractivity contribution < 1.29 is 9.47 Å². The number of hydrogen-bond acceptors (Lipinski definition) is 3. The topological polar surface area (TPSA) is 54.9 Å². The van der Waals surface area contributed by atoms with Crippen LogP contribution in [0.1, 0.15) is 25.0 Å². The first-order chi connectivity index (χ1) is 12.6. The summed E-state index contributed by atoms with van der Waals surface area (Å²) in [4.78, 5) is 4.27. The van der Waals surface area contributed by atoms with Gasteiger partial charge in [0.2, 0.25) is 0 Å². The minimum atomic E-state index is 0. The molecule has 5 nitrogen and oxygen atoms in total. The molecular formula is C21H30IN3O2. The van der Waals surface area contributed by atoms with Crippen molar-refractivity contribution in [3.63, 3.8) is 0 Å². The number of nitrogens with zero attached hydrogens (tertiary/aromatic N) is 1. The average Bonchev–Trinajstić information content (AvgIpc) is 2.65. The molecule has 2 aromatic rings. The Hall–Kier alpha value is -1.96. The number of ether oxygens (including phenoxy) is 2. The number of rotatable bonds is 8. The van der Waals surface area contributed by atoms with Gasteiger partial charge in [0.05, 0.1) is 13.2 Å². The maximum absolute atomic E-state index is 5.66. The number of hydrogen-bond donors (Lipinski definition) is 2. The van der Waals surface area contributed by atoms with Gasteiger partial charge in [-0.25, -0.2) is 0 Å². The zero-order valence-corrected chi connectivity index (χ0v) is 18.8. The van der Waals surface area contributed by atoms with Crippen molar-refractivity contribution in [2.45, 2.75) is 32.9 Å². The van der Waals surface area contributed by atoms with Crippen LogP contribution in [0.15, 0.2) is 53.5 Å².